The minimum absolute atomic E-state index is 0.128. The predicted octanol–water partition coefficient (Wildman–Crippen LogP) is 5.18. The maximum absolute atomic E-state index is 13.6. The van der Waals surface area contributed by atoms with Crippen LogP contribution in [0.25, 0.3) is 22.0 Å². The minimum Gasteiger partial charge on any atom is -0.497 e. The molecule has 0 bridgehead atoms. The van der Waals surface area contributed by atoms with Crippen molar-refractivity contribution in [2.75, 3.05) is 21.3 Å². The number of epoxide rings is 1. The average Bonchev–Trinajstić information content (AvgIpc) is 3.54. The number of hydrogen-bond acceptors (Lipinski definition) is 5. The second-order valence-corrected chi connectivity index (χ2v) is 7.59. The highest BCUT2D eigenvalue weighted by molar-refractivity contribution is 6.16. The summed E-state index contributed by atoms with van der Waals surface area (Å²) in [6, 6.07) is 19.3. The SMILES string of the molecule is COc1ccc([C@H]2O[C@@H]2C(=O)c2c(OC)cc(OC)c3c(-c4ccccc4)c[nH]c23)cc1. The summed E-state index contributed by atoms with van der Waals surface area (Å²) < 4.78 is 22.3. The molecule has 2 heterocycles. The Kier molecular flexibility index (Phi) is 5.07. The maximum atomic E-state index is 13.6. The van der Waals surface area contributed by atoms with Crippen molar-refractivity contribution in [3.63, 3.8) is 0 Å². The topological polar surface area (TPSA) is 73.1 Å². The zero-order chi connectivity index (χ0) is 22.2. The monoisotopic (exact) mass is 429 g/mol. The van der Waals surface area contributed by atoms with Crippen LogP contribution in [0.3, 0.4) is 0 Å². The lowest BCUT2D eigenvalue weighted by molar-refractivity contribution is 0.0952. The normalized spacial score (nSPS) is 17.2. The largest absolute Gasteiger partial charge is 0.497 e. The van der Waals surface area contributed by atoms with Crippen LogP contribution >= 0.6 is 0 Å². The number of aromatic nitrogens is 1. The Morgan fingerprint density at radius 2 is 1.62 bits per heavy atom. The highest BCUT2D eigenvalue weighted by Gasteiger charge is 2.47. The van der Waals surface area contributed by atoms with E-state index < -0.39 is 6.10 Å². The molecule has 0 amide bonds. The van der Waals surface area contributed by atoms with Gasteiger partial charge in [0.1, 0.15) is 23.4 Å². The standard InChI is InChI=1S/C26H23NO5/c1-29-17-11-9-16(10-12-17)25-26(32-25)24(28)22-20(31-3)13-19(30-2)21-18(14-27-23(21)22)15-7-5-4-6-8-15/h4-14,25-27H,1-3H3/t25-,26-/m1/s1. The molecule has 32 heavy (non-hydrogen) atoms. The van der Waals surface area contributed by atoms with Crippen molar-refractivity contribution in [3.8, 4) is 28.4 Å². The number of rotatable bonds is 7. The molecule has 1 aromatic heterocycles. The number of aromatic amines is 1. The quantitative estimate of drug-likeness (QED) is 0.324. The molecule has 1 aliphatic rings. The van der Waals surface area contributed by atoms with Gasteiger partial charge >= 0.3 is 0 Å². The lowest BCUT2D eigenvalue weighted by Gasteiger charge is -2.13. The molecule has 6 nitrogen and oxygen atoms in total. The van der Waals surface area contributed by atoms with Crippen molar-refractivity contribution < 1.29 is 23.7 Å². The molecule has 162 valence electrons. The fourth-order valence-electron chi connectivity index (χ4n) is 4.18. The van der Waals surface area contributed by atoms with Crippen LogP contribution in [0.5, 0.6) is 17.2 Å². The number of nitrogens with one attached hydrogen (secondary N) is 1. The highest BCUT2D eigenvalue weighted by Crippen LogP contribution is 2.46. The molecule has 1 fully saturated rings. The van der Waals surface area contributed by atoms with E-state index in [0.29, 0.717) is 22.6 Å². The van der Waals surface area contributed by atoms with E-state index in [4.69, 9.17) is 18.9 Å². The van der Waals surface area contributed by atoms with Gasteiger partial charge in [-0.25, -0.2) is 0 Å². The van der Waals surface area contributed by atoms with Crippen molar-refractivity contribution in [2.45, 2.75) is 12.2 Å². The van der Waals surface area contributed by atoms with Gasteiger partial charge in [-0.05, 0) is 23.3 Å². The van der Waals surface area contributed by atoms with Crippen LogP contribution in [0.2, 0.25) is 0 Å². The first-order valence-corrected chi connectivity index (χ1v) is 10.3. The lowest BCUT2D eigenvalue weighted by Crippen LogP contribution is -2.11. The van der Waals surface area contributed by atoms with E-state index in [1.165, 1.54) is 0 Å². The van der Waals surface area contributed by atoms with Crippen molar-refractivity contribution in [1.29, 1.82) is 0 Å². The molecule has 6 heteroatoms. The number of carbonyl (C=O) groups is 1. The van der Waals surface area contributed by atoms with Crippen molar-refractivity contribution >= 4 is 16.7 Å². The summed E-state index contributed by atoms with van der Waals surface area (Å²) in [5.74, 6) is 1.72. The fraction of sp³-hybridized carbons (Fsp3) is 0.192. The minimum atomic E-state index is -0.572. The lowest BCUT2D eigenvalue weighted by atomic mass is 9.97. The highest BCUT2D eigenvalue weighted by atomic mass is 16.6. The zero-order valence-corrected chi connectivity index (χ0v) is 18.0. The third-order valence-electron chi connectivity index (χ3n) is 5.85. The second kappa shape index (κ2) is 8.05. The number of methoxy groups -OCH3 is 3. The molecule has 0 spiro atoms. The first-order chi connectivity index (χ1) is 15.7. The Hall–Kier alpha value is -3.77. The first-order valence-electron chi connectivity index (χ1n) is 10.3. The fourth-order valence-corrected chi connectivity index (χ4v) is 4.18. The van der Waals surface area contributed by atoms with E-state index in [-0.39, 0.29) is 11.9 Å². The van der Waals surface area contributed by atoms with Gasteiger partial charge in [0.15, 0.2) is 11.9 Å². The van der Waals surface area contributed by atoms with Crippen LogP contribution in [0.4, 0.5) is 0 Å². The Balaban J connectivity index is 1.57. The summed E-state index contributed by atoms with van der Waals surface area (Å²) in [4.78, 5) is 16.8. The second-order valence-electron chi connectivity index (χ2n) is 7.59. The van der Waals surface area contributed by atoms with Crippen LogP contribution < -0.4 is 14.2 Å². The molecule has 0 saturated carbocycles. The molecule has 3 aromatic carbocycles. The van der Waals surface area contributed by atoms with Gasteiger partial charge in [-0.1, -0.05) is 42.5 Å². The van der Waals surface area contributed by atoms with Gasteiger partial charge in [-0.3, -0.25) is 4.79 Å². The molecule has 1 saturated heterocycles. The molecule has 0 unspecified atom stereocenters. The number of carbonyl (C=O) groups excluding carboxylic acids is 1. The number of H-pyrrole nitrogens is 1. The molecule has 0 radical (unpaired) electrons. The van der Waals surface area contributed by atoms with Gasteiger partial charge in [0.25, 0.3) is 0 Å². The summed E-state index contributed by atoms with van der Waals surface area (Å²) in [6.45, 7) is 0. The van der Waals surface area contributed by atoms with Crippen LogP contribution in [-0.4, -0.2) is 38.2 Å². The molecule has 1 N–H and O–H groups in total. The van der Waals surface area contributed by atoms with E-state index in [1.54, 1.807) is 27.4 Å². The summed E-state index contributed by atoms with van der Waals surface area (Å²) >= 11 is 0. The number of fused-ring (bicyclic) bond motifs is 1. The number of hydrogen-bond donors (Lipinski definition) is 1. The molecule has 1 aliphatic heterocycles. The Labute approximate surface area is 185 Å². The third kappa shape index (κ3) is 3.29. The summed E-state index contributed by atoms with van der Waals surface area (Å²) in [7, 11) is 4.78. The predicted molar refractivity (Wildman–Crippen MR) is 122 cm³/mol. The molecular formula is C26H23NO5. The smallest absolute Gasteiger partial charge is 0.200 e. The summed E-state index contributed by atoms with van der Waals surface area (Å²) in [6.07, 6.45) is 1.03. The number of ether oxygens (including phenoxy) is 4. The summed E-state index contributed by atoms with van der Waals surface area (Å²) in [5, 5.41) is 0.837. The van der Waals surface area contributed by atoms with Gasteiger partial charge in [0.05, 0.1) is 37.8 Å². The first kappa shape index (κ1) is 20.2. The van der Waals surface area contributed by atoms with Crippen molar-refractivity contribution in [3.05, 3.63) is 78.0 Å². The van der Waals surface area contributed by atoms with Crippen LogP contribution in [0.1, 0.15) is 22.0 Å². The van der Waals surface area contributed by atoms with Gasteiger partial charge in [-0.2, -0.15) is 0 Å². The van der Waals surface area contributed by atoms with E-state index in [0.717, 1.165) is 27.8 Å². The molecule has 5 rings (SSSR count). The number of ketones is 1. The Morgan fingerprint density at radius 1 is 0.906 bits per heavy atom. The van der Waals surface area contributed by atoms with Gasteiger partial charge in [-0.15, -0.1) is 0 Å². The van der Waals surface area contributed by atoms with E-state index in [9.17, 15) is 4.79 Å². The van der Waals surface area contributed by atoms with Crippen LogP contribution in [0.15, 0.2) is 66.9 Å². The molecule has 2 atom stereocenters. The van der Waals surface area contributed by atoms with E-state index in [2.05, 4.69) is 4.98 Å². The van der Waals surface area contributed by atoms with Crippen molar-refractivity contribution in [1.82, 2.24) is 4.98 Å². The third-order valence-corrected chi connectivity index (χ3v) is 5.85. The van der Waals surface area contributed by atoms with Gasteiger partial charge in [0, 0.05) is 17.8 Å². The summed E-state index contributed by atoms with van der Waals surface area (Å²) in [5.41, 5.74) is 4.06. The van der Waals surface area contributed by atoms with Crippen LogP contribution in [-0.2, 0) is 4.74 Å². The van der Waals surface area contributed by atoms with Gasteiger partial charge < -0.3 is 23.9 Å². The van der Waals surface area contributed by atoms with E-state index in [1.807, 2.05) is 60.8 Å². The van der Waals surface area contributed by atoms with Gasteiger partial charge in [0.2, 0.25) is 0 Å². The molecule has 4 aromatic rings. The molecular weight excluding hydrogens is 406 g/mol. The van der Waals surface area contributed by atoms with Crippen molar-refractivity contribution in [2.24, 2.45) is 0 Å². The van der Waals surface area contributed by atoms with Crippen LogP contribution in [0, 0.1) is 0 Å². The number of Topliss-reactive ketones (excluding diaryl/α,β-unsaturated/α-hetero) is 1. The average molecular weight is 429 g/mol. The maximum Gasteiger partial charge on any atom is 0.200 e. The Bertz CT molecular complexity index is 1280. The molecule has 0 aliphatic carbocycles. The Morgan fingerprint density at radius 3 is 2.28 bits per heavy atom. The zero-order valence-electron chi connectivity index (χ0n) is 18.0. The van der Waals surface area contributed by atoms with E-state index >= 15 is 0 Å². The number of benzene rings is 3.